The molecule has 0 aliphatic rings. The zero-order chi connectivity index (χ0) is 19.5. The van der Waals surface area contributed by atoms with E-state index >= 15 is 0 Å². The van der Waals surface area contributed by atoms with Crippen LogP contribution in [-0.2, 0) is 0 Å². The molecule has 5 nitrogen and oxygen atoms in total. The zero-order valence-electron chi connectivity index (χ0n) is 15.7. The van der Waals surface area contributed by atoms with E-state index in [9.17, 15) is 4.79 Å². The molecule has 4 rings (SSSR count). The first-order chi connectivity index (χ1) is 13.6. The third-order valence-corrected chi connectivity index (χ3v) is 4.66. The van der Waals surface area contributed by atoms with Crippen LogP contribution in [-0.4, -0.2) is 21.8 Å². The molecule has 0 radical (unpaired) electrons. The molecule has 2 N–H and O–H groups in total. The Morgan fingerprint density at radius 2 is 1.71 bits per heavy atom. The van der Waals surface area contributed by atoms with Crippen molar-refractivity contribution in [1.29, 1.82) is 0 Å². The normalized spacial score (nSPS) is 11.6. The van der Waals surface area contributed by atoms with Gasteiger partial charge in [0.25, 0.3) is 5.91 Å². The highest BCUT2D eigenvalue weighted by Gasteiger charge is 2.11. The van der Waals surface area contributed by atoms with Gasteiger partial charge < -0.3 is 0 Å². The van der Waals surface area contributed by atoms with Crippen LogP contribution in [0.15, 0.2) is 77.9 Å². The van der Waals surface area contributed by atoms with E-state index in [1.54, 1.807) is 6.07 Å². The fraction of sp³-hybridized carbons (Fsp3) is 0.0870. The van der Waals surface area contributed by atoms with Crippen LogP contribution < -0.4 is 5.43 Å². The Morgan fingerprint density at radius 1 is 0.964 bits per heavy atom. The van der Waals surface area contributed by atoms with Gasteiger partial charge in [0.15, 0.2) is 0 Å². The summed E-state index contributed by atoms with van der Waals surface area (Å²) in [6.45, 7) is 3.90. The number of fused-ring (bicyclic) bond motifs is 1. The average molecular weight is 368 g/mol. The van der Waals surface area contributed by atoms with Crippen molar-refractivity contribution in [2.45, 2.75) is 13.8 Å². The van der Waals surface area contributed by atoms with E-state index in [4.69, 9.17) is 0 Å². The summed E-state index contributed by atoms with van der Waals surface area (Å²) >= 11 is 0. The second-order valence-electron chi connectivity index (χ2n) is 6.73. The van der Waals surface area contributed by atoms with Crippen LogP contribution in [0.2, 0.25) is 0 Å². The highest BCUT2D eigenvalue weighted by Crippen LogP contribution is 2.18. The van der Waals surface area contributed by atoms with Crippen molar-refractivity contribution >= 4 is 22.4 Å². The zero-order valence-corrected chi connectivity index (χ0v) is 15.7. The molecule has 1 heterocycles. The fourth-order valence-corrected chi connectivity index (χ4v) is 2.98. The molecule has 0 unspecified atom stereocenters. The highest BCUT2D eigenvalue weighted by molar-refractivity contribution is 6.03. The number of carbonyl (C=O) groups excluding carboxylic acids is 1. The standard InChI is InChI=1S/C23H20N4O/c1-15-7-9-18(10-8-15)21-14-22(26-25-21)23(28)27-24-16(2)19-12-11-17-5-3-4-6-20(17)13-19/h3-14H,1-2H3,(H,25,26)(H,27,28)/b24-16-. The Kier molecular flexibility index (Phi) is 4.72. The van der Waals surface area contributed by atoms with Crippen molar-refractivity contribution in [3.05, 3.63) is 89.6 Å². The molecule has 0 bridgehead atoms. The van der Waals surface area contributed by atoms with E-state index in [2.05, 4.69) is 38.9 Å². The van der Waals surface area contributed by atoms with Gasteiger partial charge in [0.2, 0.25) is 0 Å². The predicted octanol–water partition coefficient (Wildman–Crippen LogP) is 4.69. The number of nitrogens with one attached hydrogen (secondary N) is 2. The Hall–Kier alpha value is -3.73. The molecule has 4 aromatic rings. The molecular weight excluding hydrogens is 348 g/mol. The summed E-state index contributed by atoms with van der Waals surface area (Å²) < 4.78 is 0. The monoisotopic (exact) mass is 368 g/mol. The Morgan fingerprint density at radius 3 is 2.50 bits per heavy atom. The number of rotatable bonds is 4. The minimum absolute atomic E-state index is 0.328. The summed E-state index contributed by atoms with van der Waals surface area (Å²) in [5, 5.41) is 13.5. The van der Waals surface area contributed by atoms with E-state index in [0.717, 1.165) is 27.9 Å². The first-order valence-electron chi connectivity index (χ1n) is 9.06. The number of hydrogen-bond donors (Lipinski definition) is 2. The summed E-state index contributed by atoms with van der Waals surface area (Å²) in [6.07, 6.45) is 0. The number of amides is 1. The number of aryl methyl sites for hydroxylation is 1. The Labute approximate surface area is 163 Å². The minimum atomic E-state index is -0.328. The van der Waals surface area contributed by atoms with Gasteiger partial charge in [-0.1, -0.05) is 66.2 Å². The number of aromatic amines is 1. The molecule has 0 saturated heterocycles. The van der Waals surface area contributed by atoms with Gasteiger partial charge in [-0.3, -0.25) is 9.89 Å². The molecular formula is C23H20N4O. The number of H-pyrrole nitrogens is 1. The van der Waals surface area contributed by atoms with Crippen LogP contribution in [0.25, 0.3) is 22.0 Å². The van der Waals surface area contributed by atoms with Crippen LogP contribution in [0.5, 0.6) is 0 Å². The number of carbonyl (C=O) groups is 1. The topological polar surface area (TPSA) is 70.1 Å². The van der Waals surface area contributed by atoms with Crippen molar-refractivity contribution in [1.82, 2.24) is 15.6 Å². The summed E-state index contributed by atoms with van der Waals surface area (Å²) in [7, 11) is 0. The molecule has 1 aromatic heterocycles. The van der Waals surface area contributed by atoms with Crippen LogP contribution in [0.4, 0.5) is 0 Å². The van der Waals surface area contributed by atoms with Crippen molar-refractivity contribution in [3.8, 4) is 11.3 Å². The van der Waals surface area contributed by atoms with Gasteiger partial charge >= 0.3 is 0 Å². The van der Waals surface area contributed by atoms with E-state index in [-0.39, 0.29) is 5.91 Å². The first-order valence-corrected chi connectivity index (χ1v) is 9.06. The smallest absolute Gasteiger partial charge is 0.272 e. The maximum atomic E-state index is 12.4. The SMILES string of the molecule is C/C(=N/NC(=O)c1cc(-c2ccc(C)cc2)n[nH]1)c1ccc2ccccc2c1. The van der Waals surface area contributed by atoms with E-state index in [1.807, 2.05) is 62.4 Å². The van der Waals surface area contributed by atoms with Gasteiger partial charge in [-0.2, -0.15) is 10.2 Å². The predicted molar refractivity (Wildman–Crippen MR) is 112 cm³/mol. The van der Waals surface area contributed by atoms with Crippen molar-refractivity contribution < 1.29 is 4.79 Å². The number of hydrazone groups is 1. The lowest BCUT2D eigenvalue weighted by Gasteiger charge is -2.04. The summed E-state index contributed by atoms with van der Waals surface area (Å²) in [5.74, 6) is -0.328. The molecule has 0 atom stereocenters. The van der Waals surface area contributed by atoms with Gasteiger partial charge in [0.05, 0.1) is 11.4 Å². The molecule has 0 saturated carbocycles. The van der Waals surface area contributed by atoms with Crippen LogP contribution in [0.1, 0.15) is 28.5 Å². The molecule has 0 aliphatic heterocycles. The summed E-state index contributed by atoms with van der Waals surface area (Å²) in [6, 6.07) is 24.0. The lowest BCUT2D eigenvalue weighted by Crippen LogP contribution is -2.19. The van der Waals surface area contributed by atoms with Gasteiger partial charge in [-0.15, -0.1) is 0 Å². The number of benzene rings is 3. The van der Waals surface area contributed by atoms with Crippen LogP contribution >= 0.6 is 0 Å². The molecule has 0 spiro atoms. The maximum Gasteiger partial charge on any atom is 0.289 e. The minimum Gasteiger partial charge on any atom is -0.272 e. The lowest BCUT2D eigenvalue weighted by molar-refractivity contribution is 0.0950. The number of hydrogen-bond acceptors (Lipinski definition) is 3. The van der Waals surface area contributed by atoms with E-state index < -0.39 is 0 Å². The summed E-state index contributed by atoms with van der Waals surface area (Å²) in [5.41, 5.74) is 7.51. The quantitative estimate of drug-likeness (QED) is 0.405. The van der Waals surface area contributed by atoms with Gasteiger partial charge in [-0.05, 0) is 42.3 Å². The summed E-state index contributed by atoms with van der Waals surface area (Å²) in [4.78, 5) is 12.4. The van der Waals surface area contributed by atoms with Gasteiger partial charge in [-0.25, -0.2) is 5.43 Å². The van der Waals surface area contributed by atoms with Crippen molar-refractivity contribution in [2.24, 2.45) is 5.10 Å². The second kappa shape index (κ2) is 7.48. The third-order valence-electron chi connectivity index (χ3n) is 4.66. The number of nitrogens with zero attached hydrogens (tertiary/aromatic N) is 2. The number of aromatic nitrogens is 2. The lowest BCUT2D eigenvalue weighted by atomic mass is 10.0. The maximum absolute atomic E-state index is 12.4. The largest absolute Gasteiger partial charge is 0.289 e. The van der Waals surface area contributed by atoms with Gasteiger partial charge in [0.1, 0.15) is 5.69 Å². The first kappa shape index (κ1) is 17.7. The molecule has 5 heteroatoms. The molecule has 0 fully saturated rings. The third kappa shape index (κ3) is 3.69. The molecule has 28 heavy (non-hydrogen) atoms. The fourth-order valence-electron chi connectivity index (χ4n) is 2.98. The molecule has 1 amide bonds. The van der Waals surface area contributed by atoms with Crippen molar-refractivity contribution in [2.75, 3.05) is 0 Å². The molecule has 3 aromatic carbocycles. The van der Waals surface area contributed by atoms with E-state index in [0.29, 0.717) is 5.69 Å². The highest BCUT2D eigenvalue weighted by atomic mass is 16.2. The molecule has 138 valence electrons. The van der Waals surface area contributed by atoms with Crippen LogP contribution in [0, 0.1) is 6.92 Å². The van der Waals surface area contributed by atoms with Crippen LogP contribution in [0.3, 0.4) is 0 Å². The average Bonchev–Trinajstić information content (AvgIpc) is 3.22. The van der Waals surface area contributed by atoms with Gasteiger partial charge in [0, 0.05) is 5.56 Å². The Bertz CT molecular complexity index is 1170. The Balaban J connectivity index is 1.49. The van der Waals surface area contributed by atoms with E-state index in [1.165, 1.54) is 10.9 Å². The second-order valence-corrected chi connectivity index (χ2v) is 6.73. The molecule has 0 aliphatic carbocycles. The van der Waals surface area contributed by atoms with Crippen molar-refractivity contribution in [3.63, 3.8) is 0 Å².